The average molecular weight is 447 g/mol. The van der Waals surface area contributed by atoms with Crippen molar-refractivity contribution in [1.29, 1.82) is 0 Å². The fourth-order valence-corrected chi connectivity index (χ4v) is 3.26. The van der Waals surface area contributed by atoms with E-state index in [1.165, 1.54) is 6.07 Å². The largest absolute Gasteiger partial charge is 0.485 e. The van der Waals surface area contributed by atoms with Gasteiger partial charge in [0.2, 0.25) is 0 Å². The number of carbonyl (C=O) groups excluding carboxylic acids is 1. The van der Waals surface area contributed by atoms with E-state index in [0.717, 1.165) is 15.7 Å². The molecule has 0 saturated heterocycles. The molecule has 0 aliphatic heterocycles. The van der Waals surface area contributed by atoms with Crippen LogP contribution in [-0.4, -0.2) is 21.6 Å². The normalized spacial score (nSPS) is 11.9. The third-order valence-corrected chi connectivity index (χ3v) is 5.00. The highest BCUT2D eigenvalue weighted by Crippen LogP contribution is 2.27. The molecule has 8 heteroatoms. The van der Waals surface area contributed by atoms with Crippen molar-refractivity contribution in [2.24, 2.45) is 0 Å². The molecule has 4 rings (SSSR count). The zero-order valence-electron chi connectivity index (χ0n) is 18.9. The molecule has 1 unspecified atom stereocenters. The van der Waals surface area contributed by atoms with Crippen molar-refractivity contribution < 1.29 is 18.8 Å². The second-order valence-corrected chi connectivity index (χ2v) is 7.94. The predicted octanol–water partition coefficient (Wildman–Crippen LogP) is 4.20. The van der Waals surface area contributed by atoms with E-state index in [2.05, 4.69) is 10.3 Å². The van der Waals surface area contributed by atoms with Crippen LogP contribution in [0.2, 0.25) is 0 Å². The van der Waals surface area contributed by atoms with Crippen LogP contribution in [0, 0.1) is 20.8 Å². The van der Waals surface area contributed by atoms with Crippen molar-refractivity contribution >= 4 is 17.2 Å². The summed E-state index contributed by atoms with van der Waals surface area (Å²) in [6, 6.07) is 16.0. The highest BCUT2D eigenvalue weighted by molar-refractivity contribution is 5.95. The van der Waals surface area contributed by atoms with Crippen LogP contribution in [0.1, 0.15) is 29.5 Å². The Balaban J connectivity index is 1.47. The number of hydrogen-bond donors (Lipinski definition) is 1. The summed E-state index contributed by atoms with van der Waals surface area (Å²) in [5, 5.41) is 2.86. The van der Waals surface area contributed by atoms with Gasteiger partial charge in [0.1, 0.15) is 23.9 Å². The van der Waals surface area contributed by atoms with Gasteiger partial charge in [-0.2, -0.15) is 0 Å². The van der Waals surface area contributed by atoms with E-state index in [4.69, 9.17) is 14.0 Å². The summed E-state index contributed by atoms with van der Waals surface area (Å²) in [4.78, 5) is 29.4. The summed E-state index contributed by atoms with van der Waals surface area (Å²) in [5.74, 6) is 1.36. The van der Waals surface area contributed by atoms with E-state index in [-0.39, 0.29) is 18.1 Å². The monoisotopic (exact) mass is 447 g/mol. The summed E-state index contributed by atoms with van der Waals surface area (Å²) >= 11 is 0. The lowest BCUT2D eigenvalue weighted by Gasteiger charge is -2.17. The Morgan fingerprint density at radius 1 is 1.06 bits per heavy atom. The van der Waals surface area contributed by atoms with Gasteiger partial charge >= 0.3 is 0 Å². The van der Waals surface area contributed by atoms with Crippen molar-refractivity contribution in [3.8, 4) is 11.5 Å². The van der Waals surface area contributed by atoms with Crippen molar-refractivity contribution in [3.63, 3.8) is 0 Å². The van der Waals surface area contributed by atoms with Crippen molar-refractivity contribution in [1.82, 2.24) is 9.56 Å². The van der Waals surface area contributed by atoms with Crippen molar-refractivity contribution in [3.05, 3.63) is 87.5 Å². The number of aromatic nitrogens is 2. The summed E-state index contributed by atoms with van der Waals surface area (Å²) in [6.07, 6.45) is -0.713. The minimum Gasteiger partial charge on any atom is -0.485 e. The van der Waals surface area contributed by atoms with Gasteiger partial charge in [0.15, 0.2) is 11.8 Å². The number of amides is 1. The molecule has 2 heterocycles. The van der Waals surface area contributed by atoms with Gasteiger partial charge in [-0.1, -0.05) is 23.8 Å². The lowest BCUT2D eigenvalue weighted by Crippen LogP contribution is -2.30. The molecule has 1 atom stereocenters. The third-order valence-electron chi connectivity index (χ3n) is 5.00. The van der Waals surface area contributed by atoms with Crippen LogP contribution in [-0.2, 0) is 11.4 Å². The molecule has 33 heavy (non-hydrogen) atoms. The molecule has 0 saturated carbocycles. The van der Waals surface area contributed by atoms with E-state index in [0.29, 0.717) is 34.3 Å². The summed E-state index contributed by atoms with van der Waals surface area (Å²) in [5.41, 5.74) is 3.11. The molecule has 0 fully saturated rings. The maximum Gasteiger partial charge on any atom is 0.287 e. The number of rotatable bonds is 7. The molecular formula is C25H25N3O5. The lowest BCUT2D eigenvalue weighted by atomic mass is 10.2. The molecule has 8 nitrogen and oxygen atoms in total. The van der Waals surface area contributed by atoms with Gasteiger partial charge < -0.3 is 19.3 Å². The maximum atomic E-state index is 12.7. The number of anilines is 1. The van der Waals surface area contributed by atoms with Gasteiger partial charge in [-0.05, 0) is 57.5 Å². The Hall–Kier alpha value is -4.07. The molecule has 4 aromatic rings. The van der Waals surface area contributed by atoms with Crippen molar-refractivity contribution in [2.45, 2.75) is 40.4 Å². The standard InChI is InChI=1S/C25H25N3O5/c1-15-5-8-20(9-6-15)32-18(4)25(30)27-21-10-7-16(2)11-22(21)31-14-19-13-24(29)28-23(26-19)12-17(3)33-28/h5-13,18H,14H2,1-4H3,(H,27,30). The first-order valence-corrected chi connectivity index (χ1v) is 10.6. The quantitative estimate of drug-likeness (QED) is 0.456. The Labute approximate surface area is 190 Å². The number of nitrogens with one attached hydrogen (secondary N) is 1. The number of fused-ring (bicyclic) bond motifs is 1. The van der Waals surface area contributed by atoms with E-state index in [9.17, 15) is 9.59 Å². The summed E-state index contributed by atoms with van der Waals surface area (Å²) < 4.78 is 18.1. The zero-order valence-corrected chi connectivity index (χ0v) is 18.9. The van der Waals surface area contributed by atoms with Gasteiger partial charge in [-0.25, -0.2) is 4.98 Å². The van der Waals surface area contributed by atoms with Gasteiger partial charge in [-0.15, -0.1) is 4.57 Å². The minimum absolute atomic E-state index is 0.0533. The Morgan fingerprint density at radius 3 is 2.55 bits per heavy atom. The molecule has 0 radical (unpaired) electrons. The smallest absolute Gasteiger partial charge is 0.287 e. The highest BCUT2D eigenvalue weighted by Gasteiger charge is 2.17. The number of ether oxygens (including phenoxy) is 2. The molecular weight excluding hydrogens is 422 g/mol. The number of benzene rings is 2. The van der Waals surface area contributed by atoms with Gasteiger partial charge in [-0.3, -0.25) is 9.59 Å². The van der Waals surface area contributed by atoms with E-state index in [1.807, 2.05) is 50.2 Å². The lowest BCUT2D eigenvalue weighted by molar-refractivity contribution is -0.122. The second kappa shape index (κ2) is 9.20. The Morgan fingerprint density at radius 2 is 1.79 bits per heavy atom. The minimum atomic E-state index is -0.713. The molecule has 0 aliphatic rings. The highest BCUT2D eigenvalue weighted by atomic mass is 16.5. The fourth-order valence-electron chi connectivity index (χ4n) is 3.26. The predicted molar refractivity (Wildman–Crippen MR) is 124 cm³/mol. The molecule has 2 aromatic heterocycles. The number of carbonyl (C=O) groups is 1. The third kappa shape index (κ3) is 5.23. The summed E-state index contributed by atoms with van der Waals surface area (Å²) in [7, 11) is 0. The average Bonchev–Trinajstić information content (AvgIpc) is 3.16. The molecule has 0 bridgehead atoms. The first kappa shape index (κ1) is 22.1. The number of aryl methyl sites for hydroxylation is 3. The van der Waals surface area contributed by atoms with Gasteiger partial charge in [0.25, 0.3) is 11.5 Å². The first-order valence-electron chi connectivity index (χ1n) is 10.6. The summed E-state index contributed by atoms with van der Waals surface area (Å²) in [6.45, 7) is 7.39. The molecule has 1 N–H and O–H groups in total. The fraction of sp³-hybridized carbons (Fsp3) is 0.240. The molecule has 0 spiro atoms. The van der Waals surface area contributed by atoms with Gasteiger partial charge in [0.05, 0.1) is 11.4 Å². The topological polar surface area (TPSA) is 95.1 Å². The van der Waals surface area contributed by atoms with E-state index in [1.54, 1.807) is 26.0 Å². The van der Waals surface area contributed by atoms with Crippen LogP contribution in [0.3, 0.4) is 0 Å². The van der Waals surface area contributed by atoms with Crippen LogP contribution in [0.4, 0.5) is 5.69 Å². The Kier molecular flexibility index (Phi) is 6.17. The molecule has 0 aliphatic carbocycles. The van der Waals surface area contributed by atoms with Crippen LogP contribution in [0.25, 0.3) is 5.65 Å². The van der Waals surface area contributed by atoms with Crippen LogP contribution in [0.15, 0.2) is 63.9 Å². The maximum absolute atomic E-state index is 12.7. The molecule has 2 aromatic carbocycles. The van der Waals surface area contributed by atoms with E-state index >= 15 is 0 Å². The number of nitrogens with zero attached hydrogens (tertiary/aromatic N) is 2. The second-order valence-electron chi connectivity index (χ2n) is 7.94. The Bertz CT molecular complexity index is 1350. The van der Waals surface area contributed by atoms with Gasteiger partial charge in [0, 0.05) is 12.1 Å². The van der Waals surface area contributed by atoms with Crippen LogP contribution >= 0.6 is 0 Å². The first-order chi connectivity index (χ1) is 15.8. The number of hydrogen-bond acceptors (Lipinski definition) is 6. The molecule has 1 amide bonds. The van der Waals surface area contributed by atoms with Crippen LogP contribution in [0.5, 0.6) is 11.5 Å². The van der Waals surface area contributed by atoms with E-state index < -0.39 is 6.10 Å². The molecule has 170 valence electrons. The zero-order chi connectivity index (χ0) is 23.5. The SMILES string of the molecule is Cc1ccc(OC(C)C(=O)Nc2ccc(C)cc2OCc2cc(=O)n3oc(C)cc3n2)cc1. The van der Waals surface area contributed by atoms with Crippen molar-refractivity contribution in [2.75, 3.05) is 5.32 Å². The van der Waals surface area contributed by atoms with Crippen LogP contribution < -0.4 is 20.3 Å².